The first-order chi connectivity index (χ1) is 12.2. The van der Waals surface area contributed by atoms with Gasteiger partial charge < -0.3 is 10.2 Å². The highest BCUT2D eigenvalue weighted by Gasteiger charge is 2.19. The first-order valence-corrected chi connectivity index (χ1v) is 8.28. The van der Waals surface area contributed by atoms with Crippen LogP contribution in [0.25, 0.3) is 10.8 Å². The molecule has 0 spiro atoms. The topological polar surface area (TPSA) is 40.5 Å². The van der Waals surface area contributed by atoms with Gasteiger partial charge in [-0.25, -0.2) is 0 Å². The average molecular weight is 326 g/mol. The van der Waals surface area contributed by atoms with Crippen molar-refractivity contribution >= 4 is 10.8 Å². The second-order valence-corrected chi connectivity index (χ2v) is 6.18. The van der Waals surface area contributed by atoms with Crippen LogP contribution in [-0.4, -0.2) is 10.2 Å². The van der Waals surface area contributed by atoms with Crippen molar-refractivity contribution in [1.29, 1.82) is 0 Å². The molecule has 0 atom stereocenters. The van der Waals surface area contributed by atoms with E-state index in [-0.39, 0.29) is 17.4 Å². The molecule has 4 rings (SSSR count). The SMILES string of the molecule is Oc1ccc(C(c2ccc(O)cc2)c2cccc3ccccc23)cc1. The molecule has 122 valence electrons. The molecule has 0 aromatic heterocycles. The molecule has 0 fully saturated rings. The zero-order chi connectivity index (χ0) is 17.2. The van der Waals surface area contributed by atoms with E-state index in [1.807, 2.05) is 30.3 Å². The number of rotatable bonds is 3. The highest BCUT2D eigenvalue weighted by atomic mass is 16.3. The van der Waals surface area contributed by atoms with Crippen LogP contribution in [0, 0.1) is 0 Å². The molecule has 0 radical (unpaired) electrons. The van der Waals surface area contributed by atoms with Gasteiger partial charge in [0.05, 0.1) is 0 Å². The minimum atomic E-state index is 0.0206. The van der Waals surface area contributed by atoms with E-state index in [4.69, 9.17) is 0 Å². The van der Waals surface area contributed by atoms with Crippen molar-refractivity contribution in [2.24, 2.45) is 0 Å². The Labute approximate surface area is 146 Å². The van der Waals surface area contributed by atoms with Crippen LogP contribution in [-0.2, 0) is 0 Å². The lowest BCUT2D eigenvalue weighted by Gasteiger charge is -2.21. The van der Waals surface area contributed by atoms with Crippen molar-refractivity contribution < 1.29 is 10.2 Å². The zero-order valence-electron chi connectivity index (χ0n) is 13.6. The largest absolute Gasteiger partial charge is 0.508 e. The predicted octanol–water partition coefficient (Wildman–Crippen LogP) is 5.43. The summed E-state index contributed by atoms with van der Waals surface area (Å²) in [6.07, 6.45) is 0. The maximum Gasteiger partial charge on any atom is 0.115 e. The van der Waals surface area contributed by atoms with Gasteiger partial charge in [-0.3, -0.25) is 0 Å². The summed E-state index contributed by atoms with van der Waals surface area (Å²) < 4.78 is 0. The lowest BCUT2D eigenvalue weighted by atomic mass is 9.83. The van der Waals surface area contributed by atoms with Crippen LogP contribution in [0.5, 0.6) is 11.5 Å². The number of hydrogen-bond acceptors (Lipinski definition) is 2. The van der Waals surface area contributed by atoms with Gasteiger partial charge in [0.2, 0.25) is 0 Å². The molecule has 0 saturated carbocycles. The van der Waals surface area contributed by atoms with E-state index in [1.165, 1.54) is 16.3 Å². The fraction of sp³-hybridized carbons (Fsp3) is 0.0435. The lowest BCUT2D eigenvalue weighted by molar-refractivity contribution is 0.475. The molecule has 0 aliphatic carbocycles. The van der Waals surface area contributed by atoms with E-state index < -0.39 is 0 Å². The number of aromatic hydroxyl groups is 2. The van der Waals surface area contributed by atoms with E-state index in [9.17, 15) is 10.2 Å². The van der Waals surface area contributed by atoms with Crippen molar-refractivity contribution in [3.05, 3.63) is 108 Å². The Hall–Kier alpha value is -3.26. The smallest absolute Gasteiger partial charge is 0.115 e. The second-order valence-electron chi connectivity index (χ2n) is 6.18. The van der Waals surface area contributed by atoms with Crippen LogP contribution in [0.15, 0.2) is 91.0 Å². The number of phenolic OH excluding ortho intramolecular Hbond substituents is 2. The Bertz CT molecular complexity index is 951. The van der Waals surface area contributed by atoms with Gasteiger partial charge in [-0.05, 0) is 51.7 Å². The van der Waals surface area contributed by atoms with Gasteiger partial charge in [0.1, 0.15) is 11.5 Å². The lowest BCUT2D eigenvalue weighted by Crippen LogP contribution is -2.04. The van der Waals surface area contributed by atoms with Crippen molar-refractivity contribution in [1.82, 2.24) is 0 Å². The number of hydrogen-bond donors (Lipinski definition) is 2. The molecule has 0 aliphatic heterocycles. The monoisotopic (exact) mass is 326 g/mol. The molecule has 0 saturated heterocycles. The van der Waals surface area contributed by atoms with Crippen LogP contribution in [0.1, 0.15) is 22.6 Å². The van der Waals surface area contributed by atoms with Gasteiger partial charge in [-0.1, -0.05) is 66.7 Å². The molecular formula is C23H18O2. The van der Waals surface area contributed by atoms with Crippen molar-refractivity contribution in [2.45, 2.75) is 5.92 Å². The van der Waals surface area contributed by atoms with Crippen LogP contribution in [0.3, 0.4) is 0 Å². The predicted molar refractivity (Wildman–Crippen MR) is 101 cm³/mol. The van der Waals surface area contributed by atoms with Crippen LogP contribution < -0.4 is 0 Å². The van der Waals surface area contributed by atoms with Crippen molar-refractivity contribution in [2.75, 3.05) is 0 Å². The van der Waals surface area contributed by atoms with Crippen LogP contribution >= 0.6 is 0 Å². The summed E-state index contributed by atoms with van der Waals surface area (Å²) in [6, 6.07) is 29.4. The standard InChI is InChI=1S/C23H18O2/c24-19-12-8-17(9-13-19)23(18-10-14-20(25)15-11-18)22-7-3-5-16-4-1-2-6-21(16)22/h1-15,23-25H. The minimum absolute atomic E-state index is 0.0206. The van der Waals surface area contributed by atoms with Crippen LogP contribution in [0.4, 0.5) is 0 Å². The van der Waals surface area contributed by atoms with Crippen molar-refractivity contribution in [3.63, 3.8) is 0 Å². The van der Waals surface area contributed by atoms with Gasteiger partial charge in [0.15, 0.2) is 0 Å². The summed E-state index contributed by atoms with van der Waals surface area (Å²) in [5.41, 5.74) is 3.40. The third kappa shape index (κ3) is 2.94. The Balaban J connectivity index is 1.96. The summed E-state index contributed by atoms with van der Waals surface area (Å²) in [5, 5.41) is 21.7. The fourth-order valence-corrected chi connectivity index (χ4v) is 3.39. The first kappa shape index (κ1) is 15.3. The molecule has 0 bridgehead atoms. The highest BCUT2D eigenvalue weighted by Crippen LogP contribution is 2.37. The third-order valence-corrected chi connectivity index (χ3v) is 4.59. The van der Waals surface area contributed by atoms with Crippen molar-refractivity contribution in [3.8, 4) is 11.5 Å². The number of fused-ring (bicyclic) bond motifs is 1. The summed E-state index contributed by atoms with van der Waals surface area (Å²) >= 11 is 0. The Morgan fingerprint density at radius 3 is 1.64 bits per heavy atom. The molecule has 2 N–H and O–H groups in total. The number of benzene rings is 4. The molecule has 0 unspecified atom stereocenters. The molecule has 4 aromatic carbocycles. The molecule has 2 nitrogen and oxygen atoms in total. The fourth-order valence-electron chi connectivity index (χ4n) is 3.39. The average Bonchev–Trinajstić information content (AvgIpc) is 2.65. The van der Waals surface area contributed by atoms with Gasteiger partial charge in [0, 0.05) is 5.92 Å². The van der Waals surface area contributed by atoms with E-state index >= 15 is 0 Å². The molecule has 4 aromatic rings. The first-order valence-electron chi connectivity index (χ1n) is 8.28. The summed E-state index contributed by atoms with van der Waals surface area (Å²) in [7, 11) is 0. The molecule has 0 aliphatic rings. The summed E-state index contributed by atoms with van der Waals surface area (Å²) in [4.78, 5) is 0. The molecule has 0 heterocycles. The van der Waals surface area contributed by atoms with E-state index in [2.05, 4.69) is 36.4 Å². The maximum absolute atomic E-state index is 9.65. The maximum atomic E-state index is 9.65. The molecule has 0 amide bonds. The van der Waals surface area contributed by atoms with E-state index in [1.54, 1.807) is 24.3 Å². The van der Waals surface area contributed by atoms with Gasteiger partial charge in [-0.15, -0.1) is 0 Å². The van der Waals surface area contributed by atoms with E-state index in [0.29, 0.717) is 0 Å². The Kier molecular flexibility index (Phi) is 3.87. The molecule has 25 heavy (non-hydrogen) atoms. The van der Waals surface area contributed by atoms with E-state index in [0.717, 1.165) is 11.1 Å². The number of phenols is 2. The van der Waals surface area contributed by atoms with Gasteiger partial charge >= 0.3 is 0 Å². The van der Waals surface area contributed by atoms with Crippen LogP contribution in [0.2, 0.25) is 0 Å². The summed E-state index contributed by atoms with van der Waals surface area (Å²) in [6.45, 7) is 0. The third-order valence-electron chi connectivity index (χ3n) is 4.59. The normalized spacial score (nSPS) is 11.1. The minimum Gasteiger partial charge on any atom is -0.508 e. The molecular weight excluding hydrogens is 308 g/mol. The Morgan fingerprint density at radius 1 is 0.520 bits per heavy atom. The summed E-state index contributed by atoms with van der Waals surface area (Å²) in [5.74, 6) is 0.532. The second kappa shape index (κ2) is 6.33. The van der Waals surface area contributed by atoms with Gasteiger partial charge in [0.25, 0.3) is 0 Å². The van der Waals surface area contributed by atoms with Gasteiger partial charge in [-0.2, -0.15) is 0 Å². The Morgan fingerprint density at radius 2 is 1.04 bits per heavy atom. The highest BCUT2D eigenvalue weighted by molar-refractivity contribution is 5.87. The molecule has 2 heteroatoms. The zero-order valence-corrected chi connectivity index (χ0v) is 13.6. The quantitative estimate of drug-likeness (QED) is 0.493.